The maximum atomic E-state index is 12.7. The van der Waals surface area contributed by atoms with E-state index in [0.29, 0.717) is 11.5 Å². The molecule has 0 unspecified atom stereocenters. The van der Waals surface area contributed by atoms with Gasteiger partial charge in [0.05, 0.1) is 11.6 Å². The van der Waals surface area contributed by atoms with Gasteiger partial charge in [-0.25, -0.2) is 0 Å². The summed E-state index contributed by atoms with van der Waals surface area (Å²) >= 11 is 0. The lowest BCUT2D eigenvalue weighted by Gasteiger charge is -2.20. The largest absolute Gasteiger partial charge is 0.416 e. The summed E-state index contributed by atoms with van der Waals surface area (Å²) in [5, 5.41) is 9.54. The molecule has 1 aliphatic carbocycles. The van der Waals surface area contributed by atoms with Crippen molar-refractivity contribution in [2.24, 2.45) is 10.9 Å². The van der Waals surface area contributed by atoms with Crippen LogP contribution in [0, 0.1) is 17.2 Å². The summed E-state index contributed by atoms with van der Waals surface area (Å²) in [6, 6.07) is 16.4. The highest BCUT2D eigenvalue weighted by Gasteiger charge is 2.30. The summed E-state index contributed by atoms with van der Waals surface area (Å²) in [5.41, 5.74) is 0.909. The Morgan fingerprint density at radius 3 is 2.15 bits per heavy atom. The molecule has 0 bridgehead atoms. The molecule has 1 aliphatic rings. The van der Waals surface area contributed by atoms with Gasteiger partial charge >= 0.3 is 6.18 Å². The smallest absolute Gasteiger partial charge is 0.265 e. The van der Waals surface area contributed by atoms with Gasteiger partial charge in [-0.3, -0.25) is 4.99 Å². The standard InChI is InChI=1S/C21H19F3N2/c22-21(23,24)18-12-10-15(11-13-18)19(14-25)26-20(17-8-4-5-9-17)16-6-2-1-3-7-16/h1-3,6-7,10-13,17,20H,4-5,8-9H2/b26-19+/t20-/m0/s1. The molecule has 0 aliphatic heterocycles. The minimum absolute atomic E-state index is 0.143. The maximum absolute atomic E-state index is 12.7. The number of alkyl halides is 3. The van der Waals surface area contributed by atoms with E-state index >= 15 is 0 Å². The van der Waals surface area contributed by atoms with Crippen molar-refractivity contribution < 1.29 is 13.2 Å². The van der Waals surface area contributed by atoms with Crippen molar-refractivity contribution in [2.75, 3.05) is 0 Å². The highest BCUT2D eigenvalue weighted by Crippen LogP contribution is 2.38. The number of aliphatic imine (C=N–C) groups is 1. The molecule has 1 fully saturated rings. The lowest BCUT2D eigenvalue weighted by molar-refractivity contribution is -0.137. The molecule has 0 amide bonds. The van der Waals surface area contributed by atoms with Crippen LogP contribution in [0.4, 0.5) is 13.2 Å². The Labute approximate surface area is 151 Å². The number of rotatable bonds is 4. The van der Waals surface area contributed by atoms with Gasteiger partial charge in [-0.1, -0.05) is 55.3 Å². The summed E-state index contributed by atoms with van der Waals surface area (Å²) in [7, 11) is 0. The van der Waals surface area contributed by atoms with Crippen molar-refractivity contribution in [3.05, 3.63) is 71.3 Å². The Balaban J connectivity index is 1.95. The van der Waals surface area contributed by atoms with Gasteiger partial charge in [-0.2, -0.15) is 18.4 Å². The molecule has 0 spiro atoms. The molecule has 0 heterocycles. The Morgan fingerprint density at radius 1 is 1.00 bits per heavy atom. The van der Waals surface area contributed by atoms with Crippen LogP contribution in [0.15, 0.2) is 59.6 Å². The zero-order chi connectivity index (χ0) is 18.6. The molecule has 1 saturated carbocycles. The zero-order valence-electron chi connectivity index (χ0n) is 14.2. The van der Waals surface area contributed by atoms with Gasteiger partial charge in [0.2, 0.25) is 0 Å². The van der Waals surface area contributed by atoms with Crippen LogP contribution in [-0.2, 0) is 6.18 Å². The molecule has 5 heteroatoms. The predicted octanol–water partition coefficient (Wildman–Crippen LogP) is 5.95. The Bertz CT molecular complexity index is 796. The van der Waals surface area contributed by atoms with E-state index in [1.807, 2.05) is 30.3 Å². The fourth-order valence-electron chi connectivity index (χ4n) is 3.50. The van der Waals surface area contributed by atoms with Crippen LogP contribution in [0.1, 0.15) is 48.4 Å². The van der Waals surface area contributed by atoms with E-state index in [2.05, 4.69) is 11.1 Å². The SMILES string of the molecule is N#C/C(=N\[C@@H](c1ccccc1)C1CCCC1)c1ccc(C(F)(F)F)cc1. The third-order valence-corrected chi connectivity index (χ3v) is 4.85. The maximum Gasteiger partial charge on any atom is 0.416 e. The average Bonchev–Trinajstić information content (AvgIpc) is 3.17. The average molecular weight is 356 g/mol. The molecular weight excluding hydrogens is 337 g/mol. The molecule has 26 heavy (non-hydrogen) atoms. The number of hydrogen-bond donors (Lipinski definition) is 0. The minimum Gasteiger partial charge on any atom is -0.265 e. The second-order valence-corrected chi connectivity index (χ2v) is 6.56. The van der Waals surface area contributed by atoms with Crippen molar-refractivity contribution in [2.45, 2.75) is 37.9 Å². The second-order valence-electron chi connectivity index (χ2n) is 6.56. The summed E-state index contributed by atoms with van der Waals surface area (Å²) in [6.45, 7) is 0. The number of benzene rings is 2. The number of nitriles is 1. The van der Waals surface area contributed by atoms with Crippen molar-refractivity contribution in [3.63, 3.8) is 0 Å². The number of hydrogen-bond acceptors (Lipinski definition) is 2. The molecule has 0 saturated heterocycles. The van der Waals surface area contributed by atoms with E-state index in [4.69, 9.17) is 0 Å². The molecule has 134 valence electrons. The van der Waals surface area contributed by atoms with Gasteiger partial charge in [0.15, 0.2) is 0 Å². The van der Waals surface area contributed by atoms with Crippen molar-refractivity contribution in [1.29, 1.82) is 5.26 Å². The van der Waals surface area contributed by atoms with Crippen molar-refractivity contribution >= 4 is 5.71 Å². The molecule has 3 rings (SSSR count). The van der Waals surface area contributed by atoms with E-state index < -0.39 is 11.7 Å². The molecule has 2 aromatic rings. The van der Waals surface area contributed by atoms with E-state index in [1.54, 1.807) is 0 Å². The Morgan fingerprint density at radius 2 is 1.62 bits per heavy atom. The van der Waals surface area contributed by atoms with Crippen LogP contribution in [0.25, 0.3) is 0 Å². The van der Waals surface area contributed by atoms with E-state index in [1.165, 1.54) is 12.1 Å². The zero-order valence-corrected chi connectivity index (χ0v) is 14.2. The molecular formula is C21H19F3N2. The Kier molecular flexibility index (Phi) is 5.41. The topological polar surface area (TPSA) is 36.1 Å². The van der Waals surface area contributed by atoms with Crippen molar-refractivity contribution in [1.82, 2.24) is 0 Å². The molecule has 0 aromatic heterocycles. The summed E-state index contributed by atoms with van der Waals surface area (Å²) in [6.07, 6.45) is -0.000162. The number of nitrogens with zero attached hydrogens (tertiary/aromatic N) is 2. The lowest BCUT2D eigenvalue weighted by atomic mass is 9.91. The molecule has 2 nitrogen and oxygen atoms in total. The van der Waals surface area contributed by atoms with Crippen LogP contribution in [0.3, 0.4) is 0 Å². The molecule has 2 aromatic carbocycles. The monoisotopic (exact) mass is 356 g/mol. The third-order valence-electron chi connectivity index (χ3n) is 4.85. The highest BCUT2D eigenvalue weighted by molar-refractivity contribution is 6.11. The van der Waals surface area contributed by atoms with Gasteiger partial charge in [0.25, 0.3) is 0 Å². The Hall–Kier alpha value is -2.61. The van der Waals surface area contributed by atoms with E-state index in [-0.39, 0.29) is 11.8 Å². The van der Waals surface area contributed by atoms with Crippen LogP contribution in [0.5, 0.6) is 0 Å². The van der Waals surface area contributed by atoms with E-state index in [9.17, 15) is 18.4 Å². The van der Waals surface area contributed by atoms with Crippen LogP contribution in [-0.4, -0.2) is 5.71 Å². The summed E-state index contributed by atoms with van der Waals surface area (Å²) < 4.78 is 38.2. The minimum atomic E-state index is -4.39. The lowest BCUT2D eigenvalue weighted by Crippen LogP contribution is -2.11. The van der Waals surface area contributed by atoms with Gasteiger partial charge in [0, 0.05) is 5.56 Å². The fourth-order valence-corrected chi connectivity index (χ4v) is 3.50. The molecule has 0 N–H and O–H groups in total. The number of halogens is 3. The molecule has 1 atom stereocenters. The van der Waals surface area contributed by atoms with Crippen LogP contribution < -0.4 is 0 Å². The van der Waals surface area contributed by atoms with Gasteiger partial charge < -0.3 is 0 Å². The van der Waals surface area contributed by atoms with Crippen LogP contribution >= 0.6 is 0 Å². The van der Waals surface area contributed by atoms with Crippen LogP contribution in [0.2, 0.25) is 0 Å². The normalized spacial score (nSPS) is 17.1. The first kappa shape index (κ1) is 18.2. The van der Waals surface area contributed by atoms with Gasteiger partial charge in [-0.15, -0.1) is 0 Å². The predicted molar refractivity (Wildman–Crippen MR) is 94.7 cm³/mol. The summed E-state index contributed by atoms with van der Waals surface area (Å²) in [5.74, 6) is 0.357. The summed E-state index contributed by atoms with van der Waals surface area (Å²) in [4.78, 5) is 4.68. The second kappa shape index (κ2) is 7.74. The van der Waals surface area contributed by atoms with E-state index in [0.717, 1.165) is 43.4 Å². The first-order valence-electron chi connectivity index (χ1n) is 8.69. The first-order chi connectivity index (χ1) is 12.5. The van der Waals surface area contributed by atoms with Gasteiger partial charge in [0.1, 0.15) is 11.8 Å². The molecule has 0 radical (unpaired) electrons. The highest BCUT2D eigenvalue weighted by atomic mass is 19.4. The van der Waals surface area contributed by atoms with Crippen molar-refractivity contribution in [3.8, 4) is 6.07 Å². The fraction of sp³-hybridized carbons (Fsp3) is 0.333. The quantitative estimate of drug-likeness (QED) is 0.624. The van der Waals surface area contributed by atoms with Gasteiger partial charge in [-0.05, 0) is 36.5 Å². The first-order valence-corrected chi connectivity index (χ1v) is 8.69. The third kappa shape index (κ3) is 4.13.